The molecule has 0 amide bonds. The van der Waals surface area contributed by atoms with Gasteiger partial charge in [-0.3, -0.25) is 0 Å². The summed E-state index contributed by atoms with van der Waals surface area (Å²) in [6.07, 6.45) is 0. The van der Waals surface area contributed by atoms with Crippen LogP contribution in [0.4, 0.5) is 17.1 Å². The zero-order valence-electron chi connectivity index (χ0n) is 28.7. The minimum absolute atomic E-state index is 0.852. The van der Waals surface area contributed by atoms with Crippen LogP contribution in [-0.4, -0.2) is 0 Å². The van der Waals surface area contributed by atoms with Crippen LogP contribution in [0.3, 0.4) is 0 Å². The van der Waals surface area contributed by atoms with Gasteiger partial charge in [-0.15, -0.1) is 0 Å². The van der Waals surface area contributed by atoms with Crippen molar-refractivity contribution < 1.29 is 8.83 Å². The topological polar surface area (TPSA) is 29.5 Å². The predicted octanol–water partition coefficient (Wildman–Crippen LogP) is 14.6. The molecule has 53 heavy (non-hydrogen) atoms. The smallest absolute Gasteiger partial charge is 0.159 e. The fraction of sp³-hybridized carbons (Fsp3) is 0. The van der Waals surface area contributed by atoms with Gasteiger partial charge in [-0.05, 0) is 104 Å². The van der Waals surface area contributed by atoms with Crippen molar-refractivity contribution in [3.05, 3.63) is 188 Å². The molecule has 9 aromatic carbocycles. The molecule has 0 radical (unpaired) electrons. The van der Waals surface area contributed by atoms with Crippen molar-refractivity contribution >= 4 is 82.5 Å². The molecule has 2 aromatic heterocycles. The summed E-state index contributed by atoms with van der Waals surface area (Å²) in [5.41, 5.74) is 11.2. The fourth-order valence-corrected chi connectivity index (χ4v) is 8.03. The summed E-state index contributed by atoms with van der Waals surface area (Å²) in [5.74, 6) is 0. The molecule has 3 nitrogen and oxygen atoms in total. The lowest BCUT2D eigenvalue weighted by atomic mass is 10.00. The molecule has 0 fully saturated rings. The Hall–Kier alpha value is -7.10. The second kappa shape index (κ2) is 11.7. The first-order valence-electron chi connectivity index (χ1n) is 18.0. The van der Waals surface area contributed by atoms with Crippen molar-refractivity contribution in [1.29, 1.82) is 0 Å². The van der Waals surface area contributed by atoms with Crippen LogP contribution in [0.2, 0.25) is 0 Å². The molecular weight excluding hydrogens is 647 g/mol. The van der Waals surface area contributed by atoms with Crippen molar-refractivity contribution in [3.8, 4) is 22.3 Å². The van der Waals surface area contributed by atoms with E-state index in [1.165, 1.54) is 32.7 Å². The van der Waals surface area contributed by atoms with Crippen molar-refractivity contribution in [2.75, 3.05) is 4.90 Å². The number of para-hydroxylation sites is 2. The highest BCUT2D eigenvalue weighted by Crippen LogP contribution is 2.44. The molecule has 0 unspecified atom stereocenters. The number of hydrogen-bond acceptors (Lipinski definition) is 3. The second-order valence-corrected chi connectivity index (χ2v) is 13.7. The van der Waals surface area contributed by atoms with E-state index in [9.17, 15) is 0 Å². The van der Waals surface area contributed by atoms with Gasteiger partial charge in [0.15, 0.2) is 5.58 Å². The van der Waals surface area contributed by atoms with Gasteiger partial charge in [0, 0.05) is 32.9 Å². The van der Waals surface area contributed by atoms with E-state index in [1.54, 1.807) is 0 Å². The number of fused-ring (bicyclic) bond motifs is 9. The van der Waals surface area contributed by atoms with Gasteiger partial charge in [0.1, 0.15) is 16.7 Å². The minimum Gasteiger partial charge on any atom is -0.456 e. The molecule has 0 saturated carbocycles. The Kier molecular flexibility index (Phi) is 6.55. The van der Waals surface area contributed by atoms with Gasteiger partial charge in [0.05, 0.1) is 5.69 Å². The van der Waals surface area contributed by atoms with Gasteiger partial charge in [-0.25, -0.2) is 0 Å². The zero-order valence-corrected chi connectivity index (χ0v) is 28.7. The van der Waals surface area contributed by atoms with E-state index in [1.807, 2.05) is 12.1 Å². The SMILES string of the molecule is c1ccc(-c2ccc3oc4c(N(c5ccc(-c6ccc7c(c6)oc6ccccc67)cc5)c5ccc6ccc7ccccc7c6c5)cccc4c3c2)cc1. The van der Waals surface area contributed by atoms with Gasteiger partial charge in [0.25, 0.3) is 0 Å². The highest BCUT2D eigenvalue weighted by molar-refractivity contribution is 6.13. The summed E-state index contributed by atoms with van der Waals surface area (Å²) >= 11 is 0. The Labute approximate surface area is 305 Å². The summed E-state index contributed by atoms with van der Waals surface area (Å²) in [5, 5.41) is 9.34. The Morgan fingerprint density at radius 1 is 0.302 bits per heavy atom. The quantitative estimate of drug-likeness (QED) is 0.170. The highest BCUT2D eigenvalue weighted by Gasteiger charge is 2.21. The van der Waals surface area contributed by atoms with E-state index in [0.717, 1.165) is 72.1 Å². The summed E-state index contributed by atoms with van der Waals surface area (Å²) in [4.78, 5) is 2.33. The van der Waals surface area contributed by atoms with Crippen LogP contribution in [0.25, 0.3) is 87.7 Å². The Morgan fingerprint density at radius 2 is 0.925 bits per heavy atom. The first kappa shape index (κ1) is 29.6. The Bertz CT molecular complexity index is 3170. The number of hydrogen-bond donors (Lipinski definition) is 0. The third kappa shape index (κ3) is 4.82. The monoisotopic (exact) mass is 677 g/mol. The number of benzene rings is 9. The molecule has 0 spiro atoms. The number of furan rings is 2. The standard InChI is InChI=1S/C50H31NO2/c1-2-9-32(10-3-1)36-23-28-48-45(29-36)43-14-8-15-46(50(43)53-48)51(39-26-21-35-18-17-34-11-4-5-12-40(34)44(35)31-39)38-24-19-33(20-25-38)37-22-27-42-41-13-6-7-16-47(41)52-49(42)30-37/h1-31H. The molecule has 11 aromatic rings. The fourth-order valence-electron chi connectivity index (χ4n) is 8.03. The first-order chi connectivity index (χ1) is 26.2. The number of nitrogens with zero attached hydrogens (tertiary/aromatic N) is 1. The summed E-state index contributed by atoms with van der Waals surface area (Å²) in [6, 6.07) is 66.8. The summed E-state index contributed by atoms with van der Waals surface area (Å²) in [7, 11) is 0. The second-order valence-electron chi connectivity index (χ2n) is 13.7. The van der Waals surface area contributed by atoms with Crippen LogP contribution in [-0.2, 0) is 0 Å². The van der Waals surface area contributed by atoms with Crippen LogP contribution in [0.15, 0.2) is 197 Å². The maximum Gasteiger partial charge on any atom is 0.159 e. The zero-order chi connectivity index (χ0) is 34.9. The Balaban J connectivity index is 1.09. The van der Waals surface area contributed by atoms with Gasteiger partial charge < -0.3 is 13.7 Å². The van der Waals surface area contributed by atoms with Crippen LogP contribution in [0.5, 0.6) is 0 Å². The molecule has 248 valence electrons. The van der Waals surface area contributed by atoms with E-state index < -0.39 is 0 Å². The lowest BCUT2D eigenvalue weighted by Crippen LogP contribution is -2.10. The van der Waals surface area contributed by atoms with Crippen molar-refractivity contribution in [2.24, 2.45) is 0 Å². The van der Waals surface area contributed by atoms with Crippen molar-refractivity contribution in [1.82, 2.24) is 0 Å². The molecular formula is C50H31NO2. The average Bonchev–Trinajstić information content (AvgIpc) is 3.79. The molecule has 0 saturated heterocycles. The molecule has 11 rings (SSSR count). The van der Waals surface area contributed by atoms with E-state index in [0.29, 0.717) is 0 Å². The van der Waals surface area contributed by atoms with Crippen LogP contribution < -0.4 is 4.90 Å². The molecule has 0 N–H and O–H groups in total. The maximum atomic E-state index is 6.76. The Morgan fingerprint density at radius 3 is 1.81 bits per heavy atom. The van der Waals surface area contributed by atoms with Crippen LogP contribution in [0, 0.1) is 0 Å². The van der Waals surface area contributed by atoms with E-state index in [-0.39, 0.29) is 0 Å². The van der Waals surface area contributed by atoms with E-state index >= 15 is 0 Å². The lowest BCUT2D eigenvalue weighted by Gasteiger charge is -2.26. The largest absolute Gasteiger partial charge is 0.456 e. The first-order valence-corrected chi connectivity index (χ1v) is 18.0. The third-order valence-electron chi connectivity index (χ3n) is 10.7. The van der Waals surface area contributed by atoms with Gasteiger partial charge in [-0.2, -0.15) is 0 Å². The van der Waals surface area contributed by atoms with E-state index in [4.69, 9.17) is 8.83 Å². The van der Waals surface area contributed by atoms with Gasteiger partial charge in [0.2, 0.25) is 0 Å². The normalized spacial score (nSPS) is 11.8. The third-order valence-corrected chi connectivity index (χ3v) is 10.7. The molecule has 0 aliphatic heterocycles. The molecule has 0 atom stereocenters. The van der Waals surface area contributed by atoms with Crippen LogP contribution >= 0.6 is 0 Å². The van der Waals surface area contributed by atoms with E-state index in [2.05, 4.69) is 181 Å². The predicted molar refractivity (Wildman–Crippen MR) is 222 cm³/mol. The van der Waals surface area contributed by atoms with Crippen molar-refractivity contribution in [2.45, 2.75) is 0 Å². The molecule has 2 heterocycles. The molecule has 3 heteroatoms. The highest BCUT2D eigenvalue weighted by atomic mass is 16.3. The van der Waals surface area contributed by atoms with Gasteiger partial charge in [-0.1, -0.05) is 127 Å². The lowest BCUT2D eigenvalue weighted by molar-refractivity contribution is 0.668. The summed E-state index contributed by atoms with van der Waals surface area (Å²) < 4.78 is 13.0. The molecule has 0 aliphatic rings. The maximum absolute atomic E-state index is 6.76. The number of anilines is 3. The summed E-state index contributed by atoms with van der Waals surface area (Å²) in [6.45, 7) is 0. The minimum atomic E-state index is 0.852. The van der Waals surface area contributed by atoms with Gasteiger partial charge >= 0.3 is 0 Å². The van der Waals surface area contributed by atoms with Crippen LogP contribution in [0.1, 0.15) is 0 Å². The number of rotatable bonds is 5. The van der Waals surface area contributed by atoms with Crippen molar-refractivity contribution in [3.63, 3.8) is 0 Å². The average molecular weight is 678 g/mol. The molecule has 0 bridgehead atoms. The molecule has 0 aliphatic carbocycles.